The SMILES string of the molecule is O=C(NCC1CCN(c2ccc(Br)cc2)C1)C1CNC1. The van der Waals surface area contributed by atoms with Crippen molar-refractivity contribution < 1.29 is 4.79 Å². The van der Waals surface area contributed by atoms with Gasteiger partial charge in [-0.2, -0.15) is 0 Å². The van der Waals surface area contributed by atoms with Crippen LogP contribution >= 0.6 is 15.9 Å². The summed E-state index contributed by atoms with van der Waals surface area (Å²) in [5, 5.41) is 6.22. The Morgan fingerprint density at radius 2 is 2.10 bits per heavy atom. The van der Waals surface area contributed by atoms with Crippen LogP contribution in [0.3, 0.4) is 0 Å². The van der Waals surface area contributed by atoms with Gasteiger partial charge in [0.15, 0.2) is 0 Å². The zero-order valence-corrected chi connectivity index (χ0v) is 13.0. The van der Waals surface area contributed by atoms with Crippen LogP contribution in [-0.2, 0) is 4.79 Å². The molecule has 1 atom stereocenters. The first-order valence-corrected chi connectivity index (χ1v) is 8.00. The Morgan fingerprint density at radius 3 is 2.75 bits per heavy atom. The van der Waals surface area contributed by atoms with Crippen molar-refractivity contribution in [1.29, 1.82) is 0 Å². The molecule has 2 saturated heterocycles. The first-order valence-electron chi connectivity index (χ1n) is 7.21. The maximum atomic E-state index is 11.8. The summed E-state index contributed by atoms with van der Waals surface area (Å²) in [6.45, 7) is 4.59. The average molecular weight is 338 g/mol. The lowest BCUT2D eigenvalue weighted by Crippen LogP contribution is -2.51. The minimum Gasteiger partial charge on any atom is -0.371 e. The summed E-state index contributed by atoms with van der Waals surface area (Å²) >= 11 is 3.46. The van der Waals surface area contributed by atoms with Gasteiger partial charge in [0.05, 0.1) is 5.92 Å². The van der Waals surface area contributed by atoms with Crippen LogP contribution in [0.1, 0.15) is 6.42 Å². The van der Waals surface area contributed by atoms with Gasteiger partial charge in [-0.3, -0.25) is 4.79 Å². The van der Waals surface area contributed by atoms with Gasteiger partial charge < -0.3 is 15.5 Å². The summed E-state index contributed by atoms with van der Waals surface area (Å²) in [4.78, 5) is 14.2. The molecule has 2 aliphatic rings. The largest absolute Gasteiger partial charge is 0.371 e. The maximum absolute atomic E-state index is 11.8. The van der Waals surface area contributed by atoms with Gasteiger partial charge in [0.2, 0.25) is 5.91 Å². The summed E-state index contributed by atoms with van der Waals surface area (Å²) < 4.78 is 1.11. The quantitative estimate of drug-likeness (QED) is 0.877. The Hall–Kier alpha value is -1.07. The van der Waals surface area contributed by atoms with Gasteiger partial charge >= 0.3 is 0 Å². The van der Waals surface area contributed by atoms with Crippen molar-refractivity contribution in [2.75, 3.05) is 37.6 Å². The fourth-order valence-corrected chi connectivity index (χ4v) is 3.01. The topological polar surface area (TPSA) is 44.4 Å². The van der Waals surface area contributed by atoms with Crippen LogP contribution in [-0.4, -0.2) is 38.6 Å². The molecular formula is C15H20BrN3O. The lowest BCUT2D eigenvalue weighted by molar-refractivity contribution is -0.126. The summed E-state index contributed by atoms with van der Waals surface area (Å²) in [5.74, 6) is 0.973. The number of amides is 1. The number of carbonyl (C=O) groups is 1. The summed E-state index contributed by atoms with van der Waals surface area (Å²) in [7, 11) is 0. The maximum Gasteiger partial charge on any atom is 0.225 e. The smallest absolute Gasteiger partial charge is 0.225 e. The van der Waals surface area contributed by atoms with Crippen molar-refractivity contribution in [3.8, 4) is 0 Å². The molecule has 0 spiro atoms. The van der Waals surface area contributed by atoms with E-state index in [1.165, 1.54) is 5.69 Å². The molecule has 1 aromatic rings. The van der Waals surface area contributed by atoms with Crippen molar-refractivity contribution in [3.05, 3.63) is 28.7 Å². The second-order valence-electron chi connectivity index (χ2n) is 5.68. The van der Waals surface area contributed by atoms with Crippen LogP contribution in [0.2, 0.25) is 0 Å². The predicted octanol–water partition coefficient (Wildman–Crippen LogP) is 1.61. The molecule has 2 aliphatic heterocycles. The standard InChI is InChI=1S/C15H20BrN3O/c16-13-1-3-14(4-2-13)19-6-5-11(10-19)7-18-15(20)12-8-17-9-12/h1-4,11-12,17H,5-10H2,(H,18,20). The van der Waals surface area contributed by atoms with Crippen molar-refractivity contribution in [2.45, 2.75) is 6.42 Å². The van der Waals surface area contributed by atoms with Crippen LogP contribution < -0.4 is 15.5 Å². The highest BCUT2D eigenvalue weighted by molar-refractivity contribution is 9.10. The molecule has 4 nitrogen and oxygen atoms in total. The predicted molar refractivity (Wildman–Crippen MR) is 83.8 cm³/mol. The highest BCUT2D eigenvalue weighted by Gasteiger charge is 2.27. The Labute approximate surface area is 128 Å². The number of anilines is 1. The number of halogens is 1. The van der Waals surface area contributed by atoms with E-state index in [1.807, 2.05) is 0 Å². The van der Waals surface area contributed by atoms with E-state index < -0.39 is 0 Å². The van der Waals surface area contributed by atoms with Gasteiger partial charge in [0.25, 0.3) is 0 Å². The number of nitrogens with one attached hydrogen (secondary N) is 2. The molecule has 0 aromatic heterocycles. The molecule has 108 valence electrons. The average Bonchev–Trinajstić information content (AvgIpc) is 2.84. The highest BCUT2D eigenvalue weighted by atomic mass is 79.9. The first-order chi connectivity index (χ1) is 9.72. The van der Waals surface area contributed by atoms with E-state index in [9.17, 15) is 4.79 Å². The number of rotatable bonds is 4. The third-order valence-corrected chi connectivity index (χ3v) is 4.72. The van der Waals surface area contributed by atoms with Gasteiger partial charge in [-0.25, -0.2) is 0 Å². The van der Waals surface area contributed by atoms with Crippen molar-refractivity contribution in [2.24, 2.45) is 11.8 Å². The van der Waals surface area contributed by atoms with E-state index in [4.69, 9.17) is 0 Å². The van der Waals surface area contributed by atoms with Gasteiger partial charge in [0.1, 0.15) is 0 Å². The van der Waals surface area contributed by atoms with Crippen LogP contribution in [0.25, 0.3) is 0 Å². The van der Waals surface area contributed by atoms with Gasteiger partial charge in [-0.15, -0.1) is 0 Å². The Bertz CT molecular complexity index is 473. The van der Waals surface area contributed by atoms with E-state index in [-0.39, 0.29) is 11.8 Å². The molecule has 2 N–H and O–H groups in total. The molecule has 0 radical (unpaired) electrons. The van der Waals surface area contributed by atoms with Crippen LogP contribution in [0, 0.1) is 11.8 Å². The third-order valence-electron chi connectivity index (χ3n) is 4.19. The summed E-state index contributed by atoms with van der Waals surface area (Å²) in [6, 6.07) is 8.44. The second-order valence-corrected chi connectivity index (χ2v) is 6.59. The summed E-state index contributed by atoms with van der Waals surface area (Å²) in [6.07, 6.45) is 1.15. The monoisotopic (exact) mass is 337 g/mol. The fourth-order valence-electron chi connectivity index (χ4n) is 2.75. The normalized spacial score (nSPS) is 22.6. The molecule has 0 saturated carbocycles. The molecule has 1 amide bonds. The molecule has 0 aliphatic carbocycles. The van der Waals surface area contributed by atoms with Crippen molar-refractivity contribution in [1.82, 2.24) is 10.6 Å². The summed E-state index contributed by atoms with van der Waals surface area (Å²) in [5.41, 5.74) is 1.27. The number of hydrogen-bond acceptors (Lipinski definition) is 3. The molecular weight excluding hydrogens is 318 g/mol. The first kappa shape index (κ1) is 13.9. The molecule has 1 unspecified atom stereocenters. The number of benzene rings is 1. The van der Waals surface area contributed by atoms with E-state index in [1.54, 1.807) is 0 Å². The second kappa shape index (κ2) is 6.14. The number of nitrogens with zero attached hydrogens (tertiary/aromatic N) is 1. The molecule has 1 aromatic carbocycles. The zero-order valence-electron chi connectivity index (χ0n) is 11.4. The molecule has 3 rings (SSSR count). The minimum absolute atomic E-state index is 0.193. The minimum atomic E-state index is 0.193. The number of hydrogen-bond donors (Lipinski definition) is 2. The zero-order chi connectivity index (χ0) is 13.9. The van der Waals surface area contributed by atoms with Crippen LogP contribution in [0.4, 0.5) is 5.69 Å². The fraction of sp³-hybridized carbons (Fsp3) is 0.533. The Morgan fingerprint density at radius 1 is 1.35 bits per heavy atom. The van der Waals surface area contributed by atoms with Gasteiger partial charge in [0, 0.05) is 42.9 Å². The lowest BCUT2D eigenvalue weighted by Gasteiger charge is -2.26. The van der Waals surface area contributed by atoms with Crippen molar-refractivity contribution >= 4 is 27.5 Å². The molecule has 5 heteroatoms. The molecule has 0 bridgehead atoms. The van der Waals surface area contributed by atoms with E-state index in [0.717, 1.165) is 43.6 Å². The van der Waals surface area contributed by atoms with E-state index >= 15 is 0 Å². The van der Waals surface area contributed by atoms with Crippen LogP contribution in [0.15, 0.2) is 28.7 Å². The molecule has 2 heterocycles. The Kier molecular flexibility index (Phi) is 4.27. The van der Waals surface area contributed by atoms with E-state index in [0.29, 0.717) is 5.92 Å². The lowest BCUT2D eigenvalue weighted by atomic mass is 10.0. The number of carbonyl (C=O) groups excluding carboxylic acids is 1. The van der Waals surface area contributed by atoms with E-state index in [2.05, 4.69) is 55.7 Å². The highest BCUT2D eigenvalue weighted by Crippen LogP contribution is 2.25. The van der Waals surface area contributed by atoms with Crippen LogP contribution in [0.5, 0.6) is 0 Å². The van der Waals surface area contributed by atoms with Crippen molar-refractivity contribution in [3.63, 3.8) is 0 Å². The molecule has 2 fully saturated rings. The molecule has 20 heavy (non-hydrogen) atoms. The van der Waals surface area contributed by atoms with Gasteiger partial charge in [-0.1, -0.05) is 15.9 Å². The van der Waals surface area contributed by atoms with Gasteiger partial charge in [-0.05, 0) is 36.6 Å². The third kappa shape index (κ3) is 3.15. The Balaban J connectivity index is 1.46.